The van der Waals surface area contributed by atoms with Gasteiger partial charge in [0.05, 0.1) is 86.0 Å². The minimum Gasteiger partial charge on any atom is -0.462 e. The molecule has 3 aliphatic heterocycles. The van der Waals surface area contributed by atoms with Crippen LogP contribution in [0, 0.1) is 11.8 Å². The van der Waals surface area contributed by atoms with E-state index in [9.17, 15) is 65.4 Å². The molecule has 3 rings (SSSR count). The lowest BCUT2D eigenvalue weighted by Crippen LogP contribution is -2.61. The molecule has 0 aromatic carbocycles. The summed E-state index contributed by atoms with van der Waals surface area (Å²) < 4.78 is 23.1. The average molecular weight is 981 g/mol. The lowest BCUT2D eigenvalue weighted by Gasteiger charge is -2.45. The fourth-order valence-corrected chi connectivity index (χ4v) is 7.98. The van der Waals surface area contributed by atoms with Crippen LogP contribution in [0.4, 0.5) is 0 Å². The third-order valence-corrected chi connectivity index (χ3v) is 11.9. The van der Waals surface area contributed by atoms with E-state index in [1.54, 1.807) is 85.9 Å². The standard InChI is InChI=1S/C48H76N4O17/c1-28-16-14-12-10-8-6-4-5-7-9-11-13-15-17-33(68-47-43(62)42(49)38(60)27-66-47)24-39-41(45(63)52-44(50)46(64)51-3)37(59)26-48(65,69-39)25-32(55)22-36(58)34(56)19-18-30(53)21-31(54)23-40(61)67-29(2)20-35(28)57/h4-17,28-39,41-44,47,53-60,62,65H,18-27,49-50H2,1-3H3,(H,51,64)(H,52,63)/b5-4+,8-6+,9-7+,12-10+,13-11+,16-14+,17-15+/t28-,29-,30?,31?,32?,33?,34?,35-,36?,37-,38+,39-,41+,42-,43-,44+,47-,48?/m0/s1. The monoisotopic (exact) mass is 981 g/mol. The van der Waals surface area contributed by atoms with Crippen molar-refractivity contribution in [2.24, 2.45) is 23.3 Å². The van der Waals surface area contributed by atoms with Crippen molar-refractivity contribution in [3.05, 3.63) is 85.1 Å². The van der Waals surface area contributed by atoms with Crippen LogP contribution in [0.5, 0.6) is 0 Å². The van der Waals surface area contributed by atoms with Crippen LogP contribution in [0.2, 0.25) is 0 Å². The molecule has 0 aromatic rings. The molecule has 0 saturated carbocycles. The van der Waals surface area contributed by atoms with Crippen molar-refractivity contribution in [1.82, 2.24) is 10.6 Å². The Labute approximate surface area is 403 Å². The molecule has 0 radical (unpaired) electrons. The van der Waals surface area contributed by atoms with Gasteiger partial charge in [-0.25, -0.2) is 0 Å². The SMILES string of the molecule is CNC(=O)[C@H](N)NC(=O)[C@H]1[C@@H]2CC(O[C@@H]3OC[C@@H](O)[C@H](N)[C@@H]3O)/C=C/C=C/C=C/C=C/C=C/C=C/C=C/[C@H](C)[C@@H](O)C[C@H](C)OC(=O)CC(O)CC(O)CCC(O)C(O)CC(O)CC(O)(C[C@@H]1O)O2. The van der Waals surface area contributed by atoms with E-state index in [-0.39, 0.29) is 44.6 Å². The van der Waals surface area contributed by atoms with Crippen LogP contribution in [0.3, 0.4) is 0 Å². The Hall–Kier alpha value is -4.01. The summed E-state index contributed by atoms with van der Waals surface area (Å²) in [5.74, 6) is -6.58. The summed E-state index contributed by atoms with van der Waals surface area (Å²) in [5, 5.41) is 113. The second-order valence-electron chi connectivity index (χ2n) is 18.0. The van der Waals surface area contributed by atoms with E-state index in [2.05, 4.69) is 10.6 Å². The smallest absolute Gasteiger partial charge is 0.308 e. The molecule has 16 N–H and O–H groups in total. The number of amides is 2. The van der Waals surface area contributed by atoms with E-state index in [1.807, 2.05) is 6.92 Å². The third kappa shape index (κ3) is 21.1. The predicted octanol–water partition coefficient (Wildman–Crippen LogP) is -1.86. The number of carbonyl (C=O) groups excluding carboxylic acids is 3. The average Bonchev–Trinajstić information content (AvgIpc) is 3.26. The molecule has 18 atom stereocenters. The van der Waals surface area contributed by atoms with Gasteiger partial charge in [-0.05, 0) is 26.2 Å². The van der Waals surface area contributed by atoms with Crippen LogP contribution in [0.15, 0.2) is 85.1 Å². The van der Waals surface area contributed by atoms with Crippen LogP contribution in [0.1, 0.15) is 71.6 Å². The van der Waals surface area contributed by atoms with Gasteiger partial charge < -0.3 is 92.1 Å². The maximum atomic E-state index is 13.7. The molecular formula is C48H76N4O17. The summed E-state index contributed by atoms with van der Waals surface area (Å²) in [6.45, 7) is 3.15. The van der Waals surface area contributed by atoms with Crippen molar-refractivity contribution in [3.8, 4) is 0 Å². The fourth-order valence-electron chi connectivity index (χ4n) is 7.98. The number of likely N-dealkylation sites (N-methyl/N-ethyl adjacent to an activating group) is 1. The van der Waals surface area contributed by atoms with Gasteiger partial charge in [0.25, 0.3) is 5.91 Å². The number of esters is 1. The second-order valence-corrected chi connectivity index (χ2v) is 18.0. The maximum Gasteiger partial charge on any atom is 0.308 e. The Bertz CT molecular complexity index is 1790. The first-order valence-electron chi connectivity index (χ1n) is 23.3. The highest BCUT2D eigenvalue weighted by molar-refractivity contribution is 5.88. The number of cyclic esters (lactones) is 1. The Morgan fingerprint density at radius 1 is 0.725 bits per heavy atom. The molecule has 0 spiro atoms. The number of fused-ring (bicyclic) bond motifs is 2. The van der Waals surface area contributed by atoms with Crippen molar-refractivity contribution in [2.45, 2.75) is 169 Å². The summed E-state index contributed by atoms with van der Waals surface area (Å²) >= 11 is 0. The van der Waals surface area contributed by atoms with Crippen LogP contribution < -0.4 is 22.1 Å². The molecule has 0 aromatic heterocycles. The van der Waals surface area contributed by atoms with Crippen molar-refractivity contribution >= 4 is 17.8 Å². The summed E-state index contributed by atoms with van der Waals surface area (Å²) in [7, 11) is 1.30. The number of carbonyl (C=O) groups is 3. The Morgan fingerprint density at radius 3 is 1.93 bits per heavy atom. The van der Waals surface area contributed by atoms with E-state index in [4.69, 9.17) is 30.4 Å². The third-order valence-electron chi connectivity index (χ3n) is 11.9. The molecule has 7 unspecified atom stereocenters. The zero-order chi connectivity index (χ0) is 51.3. The van der Waals surface area contributed by atoms with Gasteiger partial charge in [0.1, 0.15) is 12.2 Å². The van der Waals surface area contributed by atoms with E-state index >= 15 is 0 Å². The predicted molar refractivity (Wildman–Crippen MR) is 250 cm³/mol. The highest BCUT2D eigenvalue weighted by atomic mass is 16.7. The molecular weight excluding hydrogens is 905 g/mol. The minimum atomic E-state index is -2.37. The second kappa shape index (κ2) is 30.0. The lowest BCUT2D eigenvalue weighted by atomic mass is 9.82. The van der Waals surface area contributed by atoms with Gasteiger partial charge in [0, 0.05) is 45.1 Å². The van der Waals surface area contributed by atoms with Crippen molar-refractivity contribution in [2.75, 3.05) is 13.7 Å². The highest BCUT2D eigenvalue weighted by Gasteiger charge is 2.51. The molecule has 3 heterocycles. The number of nitrogens with one attached hydrogen (secondary N) is 2. The van der Waals surface area contributed by atoms with Crippen LogP contribution in [0.25, 0.3) is 0 Å². The molecule has 21 nitrogen and oxygen atoms in total. The summed E-state index contributed by atoms with van der Waals surface area (Å²) in [4.78, 5) is 38.5. The first-order valence-corrected chi connectivity index (χ1v) is 23.3. The number of aliphatic hydroxyl groups is 10. The normalized spacial score (nSPS) is 41.7. The van der Waals surface area contributed by atoms with Gasteiger partial charge in [-0.1, -0.05) is 92.0 Å². The van der Waals surface area contributed by atoms with Gasteiger partial charge in [-0.3, -0.25) is 14.4 Å². The number of ether oxygens (including phenoxy) is 4. The zero-order valence-electron chi connectivity index (χ0n) is 39.5. The topological polar surface area (TPSA) is 367 Å². The van der Waals surface area contributed by atoms with Crippen LogP contribution in [-0.4, -0.2) is 180 Å². The van der Waals surface area contributed by atoms with Crippen molar-refractivity contribution < 1.29 is 84.4 Å². The van der Waals surface area contributed by atoms with Gasteiger partial charge in [-0.15, -0.1) is 0 Å². The number of rotatable bonds is 5. The summed E-state index contributed by atoms with van der Waals surface area (Å²) in [5.41, 5.74) is 11.9. The van der Waals surface area contributed by atoms with Crippen LogP contribution >= 0.6 is 0 Å². The molecule has 21 heteroatoms. The first-order chi connectivity index (χ1) is 32.6. The molecule has 390 valence electrons. The Morgan fingerprint density at radius 2 is 1.32 bits per heavy atom. The fraction of sp³-hybridized carbons (Fsp3) is 0.646. The number of aliphatic hydroxyl groups excluding tert-OH is 9. The number of nitrogens with two attached hydrogens (primary N) is 2. The number of allylic oxidation sites excluding steroid dienone is 12. The highest BCUT2D eigenvalue weighted by Crippen LogP contribution is 2.38. The molecule has 2 amide bonds. The number of hydrogen-bond donors (Lipinski definition) is 14. The summed E-state index contributed by atoms with van der Waals surface area (Å²) in [6, 6.07) is -1.15. The molecule has 3 aliphatic rings. The zero-order valence-corrected chi connectivity index (χ0v) is 39.5. The maximum absolute atomic E-state index is 13.7. The Kier molecular flexibility index (Phi) is 25.8. The molecule has 2 bridgehead atoms. The quantitative estimate of drug-likeness (QED) is 0.106. The molecule has 69 heavy (non-hydrogen) atoms. The van der Waals surface area contributed by atoms with Gasteiger partial charge in [0.2, 0.25) is 5.91 Å². The summed E-state index contributed by atoms with van der Waals surface area (Å²) in [6.07, 6.45) is 2.57. The van der Waals surface area contributed by atoms with Gasteiger partial charge in [-0.2, -0.15) is 0 Å². The van der Waals surface area contributed by atoms with E-state index in [1.165, 1.54) is 13.1 Å². The van der Waals surface area contributed by atoms with E-state index < -0.39 is 147 Å². The van der Waals surface area contributed by atoms with E-state index in [0.717, 1.165) is 0 Å². The van der Waals surface area contributed by atoms with Gasteiger partial charge in [0.15, 0.2) is 18.2 Å². The molecule has 2 saturated heterocycles. The number of hydrogen-bond acceptors (Lipinski definition) is 19. The minimum absolute atomic E-state index is 0.121. The largest absolute Gasteiger partial charge is 0.462 e. The lowest BCUT2D eigenvalue weighted by molar-refractivity contribution is -0.304. The van der Waals surface area contributed by atoms with Crippen LogP contribution in [-0.2, 0) is 33.3 Å². The first kappa shape index (κ1) is 59.3. The van der Waals surface area contributed by atoms with Crippen molar-refractivity contribution in [3.63, 3.8) is 0 Å². The Balaban J connectivity index is 1.92. The molecule has 2 fully saturated rings. The van der Waals surface area contributed by atoms with Crippen molar-refractivity contribution in [1.29, 1.82) is 0 Å². The van der Waals surface area contributed by atoms with E-state index in [0.29, 0.717) is 0 Å². The van der Waals surface area contributed by atoms with Gasteiger partial charge >= 0.3 is 5.97 Å². The molecule has 0 aliphatic carbocycles.